The van der Waals surface area contributed by atoms with Crippen molar-refractivity contribution in [3.63, 3.8) is 0 Å². The van der Waals surface area contributed by atoms with Crippen molar-refractivity contribution in [1.29, 1.82) is 5.26 Å². The van der Waals surface area contributed by atoms with Crippen molar-refractivity contribution in [3.8, 4) is 34.1 Å². The van der Waals surface area contributed by atoms with Crippen LogP contribution in [-0.4, -0.2) is 42.3 Å². The standard InChI is InChI=1S/C29H24F2N4O3/c1-38-29(37)24-15-35(8-7-25(24)33)27-22-11-16(21-4-2-3-17(13-32)28(21)36)5-6-26(22)34-14-23(27)18-9-19(30)12-20(31)10-18/h2-6,9-12,14,24-25,36H,7-8,15,33H2,1H3. The number of carbonyl (C=O) groups excluding carboxylic acids is 1. The zero-order chi connectivity index (χ0) is 27.0. The van der Waals surface area contributed by atoms with E-state index in [1.807, 2.05) is 17.0 Å². The Morgan fingerprint density at radius 3 is 2.61 bits per heavy atom. The van der Waals surface area contributed by atoms with Crippen LogP contribution in [0.15, 0.2) is 60.8 Å². The smallest absolute Gasteiger partial charge is 0.312 e. The van der Waals surface area contributed by atoms with Crippen LogP contribution in [0, 0.1) is 28.9 Å². The van der Waals surface area contributed by atoms with Crippen LogP contribution < -0.4 is 10.6 Å². The van der Waals surface area contributed by atoms with E-state index in [1.54, 1.807) is 30.5 Å². The number of halogens is 2. The number of hydrogen-bond donors (Lipinski definition) is 2. The maximum atomic E-state index is 14.3. The molecule has 0 radical (unpaired) electrons. The number of hydrogen-bond acceptors (Lipinski definition) is 7. The van der Waals surface area contributed by atoms with Gasteiger partial charge in [0.15, 0.2) is 0 Å². The summed E-state index contributed by atoms with van der Waals surface area (Å²) in [6.07, 6.45) is 2.05. The average Bonchev–Trinajstić information content (AvgIpc) is 2.91. The Bertz CT molecular complexity index is 1580. The molecule has 1 aliphatic heterocycles. The Hall–Kier alpha value is -4.55. The maximum Gasteiger partial charge on any atom is 0.312 e. The van der Waals surface area contributed by atoms with Crippen molar-refractivity contribution in [3.05, 3.63) is 78.0 Å². The molecule has 1 aromatic heterocycles. The fourth-order valence-corrected chi connectivity index (χ4v) is 5.05. The first-order chi connectivity index (χ1) is 18.3. The predicted molar refractivity (Wildman–Crippen MR) is 139 cm³/mol. The van der Waals surface area contributed by atoms with Gasteiger partial charge >= 0.3 is 5.97 Å². The summed E-state index contributed by atoms with van der Waals surface area (Å²) >= 11 is 0. The van der Waals surface area contributed by atoms with Crippen LogP contribution in [0.1, 0.15) is 12.0 Å². The van der Waals surface area contributed by atoms with Gasteiger partial charge in [0.2, 0.25) is 0 Å². The van der Waals surface area contributed by atoms with Crippen LogP contribution in [-0.2, 0) is 9.53 Å². The third-order valence-corrected chi connectivity index (χ3v) is 6.97. The lowest BCUT2D eigenvalue weighted by Crippen LogP contribution is -2.50. The molecule has 0 saturated carbocycles. The molecule has 1 saturated heterocycles. The predicted octanol–water partition coefficient (Wildman–Crippen LogP) is 4.75. The Labute approximate surface area is 217 Å². The van der Waals surface area contributed by atoms with Crippen molar-refractivity contribution in [2.75, 3.05) is 25.1 Å². The third-order valence-electron chi connectivity index (χ3n) is 6.97. The topological polar surface area (TPSA) is 112 Å². The van der Waals surface area contributed by atoms with Gasteiger partial charge < -0.3 is 20.5 Å². The van der Waals surface area contributed by atoms with Gasteiger partial charge in [-0.15, -0.1) is 0 Å². The zero-order valence-electron chi connectivity index (χ0n) is 20.5. The van der Waals surface area contributed by atoms with Crippen molar-refractivity contribution >= 4 is 22.6 Å². The largest absolute Gasteiger partial charge is 0.506 e. The number of nitrogens with zero attached hydrogens (tertiary/aromatic N) is 3. The van der Waals surface area contributed by atoms with Gasteiger partial charge in [0.05, 0.1) is 29.8 Å². The van der Waals surface area contributed by atoms with Crippen LogP contribution in [0.4, 0.5) is 14.5 Å². The third kappa shape index (κ3) is 4.51. The highest BCUT2D eigenvalue weighted by Gasteiger charge is 2.34. The van der Waals surface area contributed by atoms with Gasteiger partial charge in [-0.25, -0.2) is 8.78 Å². The second kappa shape index (κ2) is 10.1. The van der Waals surface area contributed by atoms with E-state index >= 15 is 0 Å². The first-order valence-electron chi connectivity index (χ1n) is 12.0. The second-order valence-electron chi connectivity index (χ2n) is 9.25. The number of methoxy groups -OCH3 is 1. The molecule has 2 unspecified atom stereocenters. The van der Waals surface area contributed by atoms with Crippen LogP contribution in [0.2, 0.25) is 0 Å². The van der Waals surface area contributed by atoms with E-state index in [0.717, 1.165) is 6.07 Å². The quantitative estimate of drug-likeness (QED) is 0.378. The molecule has 1 aliphatic rings. The summed E-state index contributed by atoms with van der Waals surface area (Å²) in [5, 5.41) is 20.7. The van der Waals surface area contributed by atoms with Crippen LogP contribution in [0.3, 0.4) is 0 Å². The molecule has 0 aliphatic carbocycles. The van der Waals surface area contributed by atoms with E-state index in [9.17, 15) is 23.9 Å². The van der Waals surface area contributed by atoms with Gasteiger partial charge in [0.1, 0.15) is 23.5 Å². The monoisotopic (exact) mass is 514 g/mol. The summed E-state index contributed by atoms with van der Waals surface area (Å²) < 4.78 is 33.5. The Morgan fingerprint density at radius 1 is 1.13 bits per heavy atom. The normalized spacial score (nSPS) is 17.3. The number of phenols is 1. The average molecular weight is 515 g/mol. The van der Waals surface area contributed by atoms with Crippen molar-refractivity contribution in [2.24, 2.45) is 11.7 Å². The van der Waals surface area contributed by atoms with E-state index in [-0.39, 0.29) is 23.4 Å². The number of para-hydroxylation sites is 1. The summed E-state index contributed by atoms with van der Waals surface area (Å²) in [7, 11) is 1.31. The fourth-order valence-electron chi connectivity index (χ4n) is 5.05. The number of piperidine rings is 1. The molecule has 3 aromatic carbocycles. The van der Waals surface area contributed by atoms with Gasteiger partial charge in [-0.3, -0.25) is 9.78 Å². The number of nitrogens with two attached hydrogens (primary N) is 1. The highest BCUT2D eigenvalue weighted by molar-refractivity contribution is 6.02. The molecular formula is C29H24F2N4O3. The minimum absolute atomic E-state index is 0.135. The highest BCUT2D eigenvalue weighted by Crippen LogP contribution is 2.41. The molecule has 0 amide bonds. The summed E-state index contributed by atoms with van der Waals surface area (Å²) in [6, 6.07) is 15.1. The van der Waals surface area contributed by atoms with E-state index < -0.39 is 29.6 Å². The lowest BCUT2D eigenvalue weighted by atomic mass is 9.90. The van der Waals surface area contributed by atoms with Crippen molar-refractivity contribution in [1.82, 2.24) is 4.98 Å². The van der Waals surface area contributed by atoms with Gasteiger partial charge in [-0.1, -0.05) is 18.2 Å². The SMILES string of the molecule is COC(=O)C1CN(c2c(-c3cc(F)cc(F)c3)cnc3ccc(-c4cccc(C#N)c4O)cc23)CCC1N. The number of fused-ring (bicyclic) bond motifs is 1. The van der Waals surface area contributed by atoms with Gasteiger partial charge in [0, 0.05) is 47.9 Å². The molecule has 192 valence electrons. The summed E-state index contributed by atoms with van der Waals surface area (Å²) in [4.78, 5) is 19.0. The molecule has 7 nitrogen and oxygen atoms in total. The Morgan fingerprint density at radius 2 is 1.89 bits per heavy atom. The number of pyridine rings is 1. The van der Waals surface area contributed by atoms with Gasteiger partial charge in [-0.05, 0) is 47.9 Å². The number of nitriles is 1. The minimum Gasteiger partial charge on any atom is -0.506 e. The van der Waals surface area contributed by atoms with Crippen molar-refractivity contribution in [2.45, 2.75) is 12.5 Å². The number of carbonyl (C=O) groups is 1. The van der Waals surface area contributed by atoms with Crippen LogP contribution in [0.5, 0.6) is 5.75 Å². The number of anilines is 1. The number of ether oxygens (including phenoxy) is 1. The number of rotatable bonds is 4. The van der Waals surface area contributed by atoms with E-state index in [1.165, 1.54) is 25.3 Å². The number of esters is 1. The van der Waals surface area contributed by atoms with Crippen molar-refractivity contribution < 1.29 is 23.4 Å². The van der Waals surface area contributed by atoms with E-state index in [2.05, 4.69) is 4.98 Å². The summed E-state index contributed by atoms with van der Waals surface area (Å²) in [6.45, 7) is 0.717. The maximum absolute atomic E-state index is 14.3. The second-order valence-corrected chi connectivity index (χ2v) is 9.25. The molecule has 5 rings (SSSR count). The lowest BCUT2D eigenvalue weighted by Gasteiger charge is -2.38. The Kier molecular flexibility index (Phi) is 6.66. The van der Waals surface area contributed by atoms with Gasteiger partial charge in [0.25, 0.3) is 0 Å². The molecule has 3 N–H and O–H groups in total. The molecule has 0 bridgehead atoms. The zero-order valence-corrected chi connectivity index (χ0v) is 20.5. The lowest BCUT2D eigenvalue weighted by molar-refractivity contribution is -0.146. The van der Waals surface area contributed by atoms with Crippen LogP contribution >= 0.6 is 0 Å². The van der Waals surface area contributed by atoms with Gasteiger partial charge in [-0.2, -0.15) is 5.26 Å². The molecule has 0 spiro atoms. The number of benzene rings is 3. The van der Waals surface area contributed by atoms with E-state index in [4.69, 9.17) is 10.5 Å². The molecule has 4 aromatic rings. The molecule has 9 heteroatoms. The molecular weight excluding hydrogens is 490 g/mol. The fraction of sp³-hybridized carbons (Fsp3) is 0.207. The first-order valence-corrected chi connectivity index (χ1v) is 12.0. The highest BCUT2D eigenvalue weighted by atomic mass is 19.1. The van der Waals surface area contributed by atoms with Crippen LogP contribution in [0.25, 0.3) is 33.2 Å². The van der Waals surface area contributed by atoms with E-state index in [0.29, 0.717) is 46.2 Å². The minimum atomic E-state index is -0.730. The first kappa shape index (κ1) is 25.1. The molecule has 38 heavy (non-hydrogen) atoms. The molecule has 2 heterocycles. The summed E-state index contributed by atoms with van der Waals surface area (Å²) in [5.41, 5.74) is 9.44. The number of aromatic hydroxyl groups is 1. The molecule has 1 fully saturated rings. The summed E-state index contributed by atoms with van der Waals surface area (Å²) in [5.74, 6) is -2.65. The molecule has 2 atom stereocenters. The number of aromatic nitrogens is 1. The Balaban J connectivity index is 1.76. The number of phenolic OH excluding ortho intramolecular Hbond substituents is 1.